The Morgan fingerprint density at radius 2 is 1.97 bits per heavy atom. The number of hydrogen-bond acceptors (Lipinski definition) is 5. The zero-order chi connectivity index (χ0) is 22.1. The van der Waals surface area contributed by atoms with Crippen LogP contribution < -0.4 is 5.32 Å². The second-order valence-electron chi connectivity index (χ2n) is 7.90. The Hall–Kier alpha value is -1.64. The molecule has 30 heavy (non-hydrogen) atoms. The number of sulfone groups is 1. The molecule has 1 aliphatic carbocycles. The Morgan fingerprint density at radius 1 is 1.30 bits per heavy atom. The molecule has 1 aromatic heterocycles. The number of nitrogens with zero attached hydrogens (tertiary/aromatic N) is 2. The van der Waals surface area contributed by atoms with E-state index in [1.165, 1.54) is 6.26 Å². The predicted octanol–water partition coefficient (Wildman–Crippen LogP) is 3.75. The molecule has 1 heterocycles. The van der Waals surface area contributed by atoms with E-state index in [1.54, 1.807) is 36.7 Å². The van der Waals surface area contributed by atoms with Gasteiger partial charge in [-0.3, -0.25) is 0 Å². The molecule has 2 N–H and O–H groups in total. The van der Waals surface area contributed by atoms with Gasteiger partial charge in [0.2, 0.25) is 0 Å². The number of para-hydroxylation sites is 1. The molecule has 3 rings (SSSR count). The Bertz CT molecular complexity index is 1080. The fourth-order valence-corrected chi connectivity index (χ4v) is 4.19. The maximum Gasteiger partial charge on any atom is 0.148 e. The van der Waals surface area contributed by atoms with Crippen LogP contribution in [-0.4, -0.2) is 47.9 Å². The van der Waals surface area contributed by atoms with Crippen molar-refractivity contribution in [3.63, 3.8) is 0 Å². The number of aliphatic hydroxyl groups is 1. The molecule has 0 aliphatic heterocycles. The van der Waals surface area contributed by atoms with Crippen molar-refractivity contribution in [3.05, 3.63) is 63.9 Å². The van der Waals surface area contributed by atoms with E-state index >= 15 is 0 Å². The fraction of sp³-hybridized carbons (Fsp3) is 0.381. The fourth-order valence-electron chi connectivity index (χ4n) is 3.14. The molecule has 1 unspecified atom stereocenters. The molecular formula is C21H25Cl2N3O3S. The summed E-state index contributed by atoms with van der Waals surface area (Å²) in [4.78, 5) is 0. The van der Waals surface area contributed by atoms with E-state index in [1.807, 2.05) is 24.3 Å². The molecule has 1 aromatic carbocycles. The van der Waals surface area contributed by atoms with Gasteiger partial charge < -0.3 is 10.4 Å². The number of halogens is 2. The second kappa shape index (κ2) is 8.85. The van der Waals surface area contributed by atoms with Crippen molar-refractivity contribution >= 4 is 38.6 Å². The summed E-state index contributed by atoms with van der Waals surface area (Å²) in [5.41, 5.74) is 1.58. The van der Waals surface area contributed by atoms with E-state index in [0.29, 0.717) is 34.4 Å². The van der Waals surface area contributed by atoms with E-state index in [9.17, 15) is 13.5 Å². The quantitative estimate of drug-likeness (QED) is 0.644. The van der Waals surface area contributed by atoms with Crippen molar-refractivity contribution in [3.8, 4) is 5.69 Å². The molecule has 0 spiro atoms. The van der Waals surface area contributed by atoms with Gasteiger partial charge in [-0.1, -0.05) is 47.5 Å². The standard InChI is InChI=1S/C21H25Cl2N3O3S/c1-21(2,27)19-13-18(26(25-19)20-16(22)5-4-6-17(20)23)14-7-9-15(10-8-14)24-11-12-30(3,28)29/h4-9,13,15,24,27H,10-12H2,1-3H3. The Labute approximate surface area is 187 Å². The third-order valence-electron chi connectivity index (χ3n) is 4.76. The van der Waals surface area contributed by atoms with E-state index in [2.05, 4.69) is 10.4 Å². The molecule has 0 bridgehead atoms. The minimum absolute atomic E-state index is 0.0459. The predicted molar refractivity (Wildman–Crippen MR) is 122 cm³/mol. The summed E-state index contributed by atoms with van der Waals surface area (Å²) in [5, 5.41) is 19.2. The number of aromatic nitrogens is 2. The first kappa shape index (κ1) is 23.0. The highest BCUT2D eigenvalue weighted by Gasteiger charge is 2.25. The van der Waals surface area contributed by atoms with Crippen LogP contribution in [0.25, 0.3) is 11.3 Å². The molecule has 162 valence electrons. The van der Waals surface area contributed by atoms with Gasteiger partial charge in [-0.2, -0.15) is 5.10 Å². The van der Waals surface area contributed by atoms with Crippen molar-refractivity contribution in [1.82, 2.24) is 15.1 Å². The van der Waals surface area contributed by atoms with Gasteiger partial charge in [-0.05, 0) is 44.0 Å². The molecule has 9 heteroatoms. The summed E-state index contributed by atoms with van der Waals surface area (Å²) in [6.07, 6.45) is 7.91. The molecule has 1 atom stereocenters. The van der Waals surface area contributed by atoms with Gasteiger partial charge in [0.25, 0.3) is 0 Å². The molecule has 1 aliphatic rings. The summed E-state index contributed by atoms with van der Waals surface area (Å²) in [5.74, 6) is 0.0978. The Morgan fingerprint density at radius 3 is 2.50 bits per heavy atom. The molecule has 0 amide bonds. The zero-order valence-electron chi connectivity index (χ0n) is 17.1. The van der Waals surface area contributed by atoms with Crippen LogP contribution in [0, 0.1) is 0 Å². The van der Waals surface area contributed by atoms with Gasteiger partial charge in [-0.25, -0.2) is 13.1 Å². The number of nitrogens with one attached hydrogen (secondary N) is 1. The second-order valence-corrected chi connectivity index (χ2v) is 11.0. The Balaban J connectivity index is 1.91. The topological polar surface area (TPSA) is 84.2 Å². The largest absolute Gasteiger partial charge is 0.384 e. The monoisotopic (exact) mass is 469 g/mol. The molecule has 6 nitrogen and oxygen atoms in total. The first-order valence-electron chi connectivity index (χ1n) is 9.53. The third-order valence-corrected chi connectivity index (χ3v) is 6.32. The van der Waals surface area contributed by atoms with Crippen LogP contribution in [0.5, 0.6) is 0 Å². The number of benzene rings is 1. The lowest BCUT2D eigenvalue weighted by atomic mass is 9.99. The molecular weight excluding hydrogens is 445 g/mol. The SMILES string of the molecule is CC(C)(O)c1cc(C2=CCC(NCCS(C)(=O)=O)C=C2)n(-c2c(Cl)cccc2Cl)n1. The van der Waals surface area contributed by atoms with Gasteiger partial charge in [0, 0.05) is 18.8 Å². The van der Waals surface area contributed by atoms with Crippen LogP contribution in [0.3, 0.4) is 0 Å². The smallest absolute Gasteiger partial charge is 0.148 e. The molecule has 0 fully saturated rings. The lowest BCUT2D eigenvalue weighted by molar-refractivity contribution is 0.0734. The van der Waals surface area contributed by atoms with Crippen molar-refractivity contribution in [1.29, 1.82) is 0 Å². The summed E-state index contributed by atoms with van der Waals surface area (Å²) >= 11 is 12.8. The summed E-state index contributed by atoms with van der Waals surface area (Å²) in [6.45, 7) is 3.74. The molecule has 0 radical (unpaired) electrons. The average Bonchev–Trinajstić information content (AvgIpc) is 3.06. The Kier molecular flexibility index (Phi) is 6.79. The normalized spacial score (nSPS) is 17.3. The molecule has 0 saturated carbocycles. The third kappa shape index (κ3) is 5.53. The first-order valence-corrected chi connectivity index (χ1v) is 12.3. The minimum atomic E-state index is -3.00. The van der Waals surface area contributed by atoms with E-state index in [-0.39, 0.29) is 11.8 Å². The lowest BCUT2D eigenvalue weighted by Crippen LogP contribution is -2.32. The summed E-state index contributed by atoms with van der Waals surface area (Å²) in [7, 11) is -3.00. The van der Waals surface area contributed by atoms with Crippen LogP contribution in [0.4, 0.5) is 0 Å². The highest BCUT2D eigenvalue weighted by atomic mass is 35.5. The van der Waals surface area contributed by atoms with Crippen molar-refractivity contribution in [2.45, 2.75) is 31.9 Å². The van der Waals surface area contributed by atoms with Gasteiger partial charge in [0.05, 0.1) is 27.2 Å². The van der Waals surface area contributed by atoms with E-state index in [4.69, 9.17) is 23.2 Å². The summed E-state index contributed by atoms with van der Waals surface area (Å²) in [6, 6.07) is 7.12. The average molecular weight is 470 g/mol. The highest BCUT2D eigenvalue weighted by molar-refractivity contribution is 7.90. The van der Waals surface area contributed by atoms with Crippen molar-refractivity contribution < 1.29 is 13.5 Å². The van der Waals surface area contributed by atoms with Gasteiger partial charge in [-0.15, -0.1) is 0 Å². The van der Waals surface area contributed by atoms with Crippen molar-refractivity contribution in [2.24, 2.45) is 0 Å². The number of rotatable bonds is 7. The maximum atomic E-state index is 11.3. The van der Waals surface area contributed by atoms with E-state index in [0.717, 1.165) is 11.3 Å². The highest BCUT2D eigenvalue weighted by Crippen LogP contribution is 2.34. The van der Waals surface area contributed by atoms with Gasteiger partial charge >= 0.3 is 0 Å². The van der Waals surface area contributed by atoms with Gasteiger partial charge in [0.15, 0.2) is 0 Å². The van der Waals surface area contributed by atoms with Gasteiger partial charge in [0.1, 0.15) is 21.1 Å². The zero-order valence-corrected chi connectivity index (χ0v) is 19.4. The minimum Gasteiger partial charge on any atom is -0.384 e. The number of hydrogen-bond donors (Lipinski definition) is 2. The molecule has 2 aromatic rings. The number of allylic oxidation sites excluding steroid dienone is 2. The van der Waals surface area contributed by atoms with Crippen LogP contribution in [0.15, 0.2) is 42.5 Å². The first-order chi connectivity index (χ1) is 14.0. The summed E-state index contributed by atoms with van der Waals surface area (Å²) < 4.78 is 24.3. The molecule has 0 saturated heterocycles. The maximum absolute atomic E-state index is 11.3. The van der Waals surface area contributed by atoms with Crippen LogP contribution in [0.2, 0.25) is 10.0 Å². The van der Waals surface area contributed by atoms with Crippen molar-refractivity contribution in [2.75, 3.05) is 18.6 Å². The van der Waals surface area contributed by atoms with Crippen LogP contribution >= 0.6 is 23.2 Å². The van der Waals surface area contributed by atoms with Crippen LogP contribution in [-0.2, 0) is 15.4 Å². The van der Waals surface area contributed by atoms with Crippen LogP contribution in [0.1, 0.15) is 31.7 Å². The van der Waals surface area contributed by atoms with E-state index < -0.39 is 15.4 Å². The lowest BCUT2D eigenvalue weighted by Gasteiger charge is -2.18.